The molecule has 3 rings (SSSR count). The third-order valence-corrected chi connectivity index (χ3v) is 5.61. The summed E-state index contributed by atoms with van der Waals surface area (Å²) in [7, 11) is 0. The fourth-order valence-corrected chi connectivity index (χ4v) is 3.89. The number of nitrogens with zero attached hydrogens (tertiary/aromatic N) is 1. The molecule has 170 valence electrons. The highest BCUT2D eigenvalue weighted by molar-refractivity contribution is 5.79. The van der Waals surface area contributed by atoms with Crippen LogP contribution in [0.1, 0.15) is 56.6 Å². The molecule has 0 spiro atoms. The van der Waals surface area contributed by atoms with E-state index < -0.39 is 12.1 Å². The Kier molecular flexibility index (Phi) is 8.87. The van der Waals surface area contributed by atoms with Crippen molar-refractivity contribution < 1.29 is 24.5 Å². The molecule has 2 aromatic carbocycles. The van der Waals surface area contributed by atoms with Crippen LogP contribution >= 0.6 is 0 Å². The monoisotopic (exact) mass is 437 g/mol. The number of unbranched alkanes of at least 4 members (excludes halogenated alkanes) is 3. The highest BCUT2D eigenvalue weighted by Gasteiger charge is 2.28. The molecule has 6 heteroatoms. The number of aliphatic hydroxyl groups is 1. The average Bonchev–Trinajstić information content (AvgIpc) is 3.14. The summed E-state index contributed by atoms with van der Waals surface area (Å²) in [5.41, 5.74) is 0.726. The molecule has 2 unspecified atom stereocenters. The zero-order valence-corrected chi connectivity index (χ0v) is 18.2. The lowest BCUT2D eigenvalue weighted by Gasteiger charge is -2.22. The van der Waals surface area contributed by atoms with E-state index in [2.05, 4.69) is 0 Å². The number of carboxylic acids is 1. The van der Waals surface area contributed by atoms with Gasteiger partial charge in [0.1, 0.15) is 11.5 Å². The SMILES string of the molecule is O=C(O)CCCCCCN1C(=O)CCC1C=CC(O)c1cccc(Oc2ccccc2)c1. The Hall–Kier alpha value is -3.12. The Bertz CT molecular complexity index is 911. The van der Waals surface area contributed by atoms with Gasteiger partial charge in [-0.1, -0.05) is 55.3 Å². The molecular weight excluding hydrogens is 406 g/mol. The summed E-state index contributed by atoms with van der Waals surface area (Å²) in [6.07, 6.45) is 7.63. The van der Waals surface area contributed by atoms with E-state index in [1.165, 1.54) is 0 Å². The molecule has 0 radical (unpaired) electrons. The quantitative estimate of drug-likeness (QED) is 0.357. The lowest BCUT2D eigenvalue weighted by atomic mass is 10.1. The molecule has 0 bridgehead atoms. The van der Waals surface area contributed by atoms with Gasteiger partial charge in [-0.15, -0.1) is 0 Å². The summed E-state index contributed by atoms with van der Waals surface area (Å²) >= 11 is 0. The largest absolute Gasteiger partial charge is 0.481 e. The maximum absolute atomic E-state index is 12.3. The molecule has 2 N–H and O–H groups in total. The molecule has 1 aliphatic rings. The van der Waals surface area contributed by atoms with Gasteiger partial charge in [-0.2, -0.15) is 0 Å². The van der Waals surface area contributed by atoms with Gasteiger partial charge in [-0.3, -0.25) is 9.59 Å². The van der Waals surface area contributed by atoms with Crippen molar-refractivity contribution in [3.05, 3.63) is 72.3 Å². The normalized spacial score (nSPS) is 17.1. The van der Waals surface area contributed by atoms with E-state index >= 15 is 0 Å². The topological polar surface area (TPSA) is 87.1 Å². The Balaban J connectivity index is 1.52. The van der Waals surface area contributed by atoms with E-state index in [1.807, 2.05) is 65.6 Å². The van der Waals surface area contributed by atoms with Gasteiger partial charge in [-0.05, 0) is 49.1 Å². The fourth-order valence-electron chi connectivity index (χ4n) is 3.89. The molecule has 32 heavy (non-hydrogen) atoms. The van der Waals surface area contributed by atoms with Crippen LogP contribution in [0.2, 0.25) is 0 Å². The summed E-state index contributed by atoms with van der Waals surface area (Å²) in [4.78, 5) is 24.7. The van der Waals surface area contributed by atoms with Crippen LogP contribution in [0.15, 0.2) is 66.7 Å². The number of rotatable bonds is 12. The average molecular weight is 438 g/mol. The lowest BCUT2D eigenvalue weighted by molar-refractivity contribution is -0.137. The molecule has 1 heterocycles. The van der Waals surface area contributed by atoms with E-state index in [4.69, 9.17) is 9.84 Å². The third kappa shape index (κ3) is 7.24. The van der Waals surface area contributed by atoms with Crippen molar-refractivity contribution >= 4 is 11.9 Å². The number of aliphatic carboxylic acids is 1. The Morgan fingerprint density at radius 2 is 1.81 bits per heavy atom. The van der Waals surface area contributed by atoms with Crippen LogP contribution in [0.25, 0.3) is 0 Å². The lowest BCUT2D eigenvalue weighted by Crippen LogP contribution is -2.32. The molecule has 1 fully saturated rings. The first-order valence-electron chi connectivity index (χ1n) is 11.2. The van der Waals surface area contributed by atoms with Gasteiger partial charge in [0.2, 0.25) is 5.91 Å². The number of benzene rings is 2. The van der Waals surface area contributed by atoms with Crippen molar-refractivity contribution in [1.29, 1.82) is 0 Å². The molecule has 0 aromatic heterocycles. The van der Waals surface area contributed by atoms with E-state index in [1.54, 1.807) is 6.08 Å². The van der Waals surface area contributed by atoms with E-state index in [-0.39, 0.29) is 18.4 Å². The first-order chi connectivity index (χ1) is 15.5. The Morgan fingerprint density at radius 3 is 2.59 bits per heavy atom. The van der Waals surface area contributed by atoms with Crippen LogP contribution in [-0.2, 0) is 9.59 Å². The van der Waals surface area contributed by atoms with Crippen LogP contribution < -0.4 is 4.74 Å². The van der Waals surface area contributed by atoms with Crippen molar-refractivity contribution in [1.82, 2.24) is 4.90 Å². The van der Waals surface area contributed by atoms with Gasteiger partial charge in [0.05, 0.1) is 12.1 Å². The summed E-state index contributed by atoms with van der Waals surface area (Å²) < 4.78 is 5.84. The zero-order chi connectivity index (χ0) is 22.8. The van der Waals surface area contributed by atoms with Gasteiger partial charge in [0, 0.05) is 19.4 Å². The van der Waals surface area contributed by atoms with Crippen molar-refractivity contribution in [2.45, 2.75) is 57.1 Å². The molecule has 6 nitrogen and oxygen atoms in total. The van der Waals surface area contributed by atoms with Crippen LogP contribution in [-0.4, -0.2) is 39.6 Å². The number of para-hydroxylation sites is 1. The second-order valence-corrected chi connectivity index (χ2v) is 8.07. The highest BCUT2D eigenvalue weighted by Crippen LogP contribution is 2.26. The minimum Gasteiger partial charge on any atom is -0.481 e. The summed E-state index contributed by atoms with van der Waals surface area (Å²) in [5, 5.41) is 19.3. The molecule has 1 saturated heterocycles. The van der Waals surface area contributed by atoms with E-state index in [0.29, 0.717) is 25.1 Å². The van der Waals surface area contributed by atoms with Gasteiger partial charge in [0.15, 0.2) is 0 Å². The second kappa shape index (κ2) is 12.1. The van der Waals surface area contributed by atoms with Crippen LogP contribution in [0.5, 0.6) is 11.5 Å². The van der Waals surface area contributed by atoms with Crippen molar-refractivity contribution in [3.63, 3.8) is 0 Å². The van der Waals surface area contributed by atoms with E-state index in [9.17, 15) is 14.7 Å². The predicted octanol–water partition coefficient (Wildman–Crippen LogP) is 5.09. The smallest absolute Gasteiger partial charge is 0.303 e. The maximum atomic E-state index is 12.3. The number of likely N-dealkylation sites (tertiary alicyclic amines) is 1. The molecule has 2 aromatic rings. The Morgan fingerprint density at radius 1 is 1.06 bits per heavy atom. The fraction of sp³-hybridized carbons (Fsp3) is 0.385. The van der Waals surface area contributed by atoms with Gasteiger partial charge in [-0.25, -0.2) is 0 Å². The number of carbonyl (C=O) groups is 2. The molecular formula is C26H31NO5. The maximum Gasteiger partial charge on any atom is 0.303 e. The zero-order valence-electron chi connectivity index (χ0n) is 18.2. The van der Waals surface area contributed by atoms with Crippen molar-refractivity contribution in [2.75, 3.05) is 6.54 Å². The minimum atomic E-state index is -0.789. The van der Waals surface area contributed by atoms with Gasteiger partial charge < -0.3 is 19.8 Å². The minimum absolute atomic E-state index is 0.0140. The summed E-state index contributed by atoms with van der Waals surface area (Å²) in [5.74, 6) is 0.762. The molecule has 2 atom stereocenters. The first-order valence-corrected chi connectivity index (χ1v) is 11.2. The van der Waals surface area contributed by atoms with Crippen LogP contribution in [0.4, 0.5) is 0 Å². The summed E-state index contributed by atoms with van der Waals surface area (Å²) in [6, 6.07) is 16.8. The molecule has 0 saturated carbocycles. The Labute approximate surface area is 189 Å². The number of carbonyl (C=O) groups excluding carboxylic acids is 1. The number of aliphatic hydroxyl groups excluding tert-OH is 1. The number of hydrogen-bond acceptors (Lipinski definition) is 4. The third-order valence-electron chi connectivity index (χ3n) is 5.61. The molecule has 0 aliphatic carbocycles. The van der Waals surface area contributed by atoms with Crippen molar-refractivity contribution in [3.8, 4) is 11.5 Å². The number of ether oxygens (including phenoxy) is 1. The van der Waals surface area contributed by atoms with Crippen LogP contribution in [0.3, 0.4) is 0 Å². The van der Waals surface area contributed by atoms with Gasteiger partial charge >= 0.3 is 5.97 Å². The predicted molar refractivity (Wildman–Crippen MR) is 123 cm³/mol. The van der Waals surface area contributed by atoms with E-state index in [0.717, 1.165) is 37.0 Å². The molecule has 1 aliphatic heterocycles. The first kappa shape index (κ1) is 23.5. The van der Waals surface area contributed by atoms with Crippen LogP contribution in [0, 0.1) is 0 Å². The van der Waals surface area contributed by atoms with Gasteiger partial charge in [0.25, 0.3) is 0 Å². The second-order valence-electron chi connectivity index (χ2n) is 8.07. The molecule has 1 amide bonds. The van der Waals surface area contributed by atoms with Crippen molar-refractivity contribution in [2.24, 2.45) is 0 Å². The standard InChI is InChI=1S/C26H31NO5/c28-24(20-9-8-12-23(19-20)32-22-10-4-3-5-11-22)16-14-21-15-17-25(29)27(21)18-7-2-1-6-13-26(30)31/h3-5,8-12,14,16,19,21,24,28H,1-2,6-7,13,15,17-18H2,(H,30,31). The number of carboxylic acid groups (broad SMARTS) is 1. The summed E-state index contributed by atoms with van der Waals surface area (Å²) in [6.45, 7) is 0.664. The number of amides is 1. The number of hydrogen-bond donors (Lipinski definition) is 2. The highest BCUT2D eigenvalue weighted by atomic mass is 16.5.